The van der Waals surface area contributed by atoms with Gasteiger partial charge in [-0.1, -0.05) is 0 Å². The summed E-state index contributed by atoms with van der Waals surface area (Å²) in [6.07, 6.45) is 0. The maximum atomic E-state index is 12.1. The summed E-state index contributed by atoms with van der Waals surface area (Å²) in [6, 6.07) is 8.54. The highest BCUT2D eigenvalue weighted by Gasteiger charge is 2.11. The average Bonchev–Trinajstić information content (AvgIpc) is 2.98. The van der Waals surface area contributed by atoms with Gasteiger partial charge < -0.3 is 13.9 Å². The molecule has 2 aromatic rings. The van der Waals surface area contributed by atoms with Crippen molar-refractivity contribution < 1.29 is 18.7 Å². The van der Waals surface area contributed by atoms with E-state index in [9.17, 15) is 4.79 Å². The number of furan rings is 1. The number of aryl methyl sites for hydroxylation is 1. The fraction of sp³-hybridized carbons (Fsp3) is 0.250. The maximum absolute atomic E-state index is 12.1. The summed E-state index contributed by atoms with van der Waals surface area (Å²) in [5.74, 6) is 2.10. The van der Waals surface area contributed by atoms with Gasteiger partial charge in [0, 0.05) is 5.56 Å². The van der Waals surface area contributed by atoms with Gasteiger partial charge in [-0.25, -0.2) is 5.43 Å². The SMILES string of the molecule is COc1ccc(C(=O)NN=C(C)c2ccc(C)o2)cc1OC. The van der Waals surface area contributed by atoms with Crippen LogP contribution in [0.4, 0.5) is 0 Å². The van der Waals surface area contributed by atoms with Crippen LogP contribution in [0.2, 0.25) is 0 Å². The molecule has 0 spiro atoms. The van der Waals surface area contributed by atoms with Gasteiger partial charge >= 0.3 is 0 Å². The first-order chi connectivity index (χ1) is 10.5. The van der Waals surface area contributed by atoms with Crippen LogP contribution >= 0.6 is 0 Å². The first-order valence-corrected chi connectivity index (χ1v) is 6.68. The summed E-state index contributed by atoms with van der Waals surface area (Å²) in [5, 5.41) is 4.03. The number of hydrazone groups is 1. The molecule has 22 heavy (non-hydrogen) atoms. The fourth-order valence-electron chi connectivity index (χ4n) is 1.86. The van der Waals surface area contributed by atoms with Crippen molar-refractivity contribution in [2.24, 2.45) is 5.10 Å². The number of hydrogen-bond acceptors (Lipinski definition) is 5. The Kier molecular flexibility index (Phi) is 4.83. The second-order valence-electron chi connectivity index (χ2n) is 4.62. The van der Waals surface area contributed by atoms with Crippen LogP contribution in [0.25, 0.3) is 0 Å². The summed E-state index contributed by atoms with van der Waals surface area (Å²) in [4.78, 5) is 12.1. The second kappa shape index (κ2) is 6.80. The van der Waals surface area contributed by atoms with Crippen molar-refractivity contribution in [1.82, 2.24) is 5.43 Å². The second-order valence-corrected chi connectivity index (χ2v) is 4.62. The van der Waals surface area contributed by atoms with Crippen LogP contribution < -0.4 is 14.9 Å². The maximum Gasteiger partial charge on any atom is 0.271 e. The van der Waals surface area contributed by atoms with Crippen molar-refractivity contribution >= 4 is 11.6 Å². The predicted octanol–water partition coefficient (Wildman–Crippen LogP) is 2.76. The van der Waals surface area contributed by atoms with E-state index in [1.165, 1.54) is 14.2 Å². The van der Waals surface area contributed by atoms with E-state index in [2.05, 4.69) is 10.5 Å². The Balaban J connectivity index is 2.12. The van der Waals surface area contributed by atoms with Gasteiger partial charge in [-0.15, -0.1) is 0 Å². The highest BCUT2D eigenvalue weighted by molar-refractivity contribution is 5.99. The topological polar surface area (TPSA) is 73.1 Å². The standard InChI is InChI=1S/C16H18N2O4/c1-10-5-7-13(22-10)11(2)17-18-16(19)12-6-8-14(20-3)15(9-12)21-4/h5-9H,1-4H3,(H,18,19). The number of amides is 1. The Morgan fingerprint density at radius 1 is 1.14 bits per heavy atom. The predicted molar refractivity (Wildman–Crippen MR) is 82.7 cm³/mol. The first kappa shape index (κ1) is 15.6. The Morgan fingerprint density at radius 3 is 2.45 bits per heavy atom. The Labute approximate surface area is 128 Å². The van der Waals surface area contributed by atoms with E-state index in [0.717, 1.165) is 5.76 Å². The summed E-state index contributed by atoms with van der Waals surface area (Å²) in [7, 11) is 3.05. The number of nitrogens with one attached hydrogen (secondary N) is 1. The van der Waals surface area contributed by atoms with Gasteiger partial charge in [-0.05, 0) is 44.2 Å². The van der Waals surface area contributed by atoms with Crippen molar-refractivity contribution in [1.29, 1.82) is 0 Å². The zero-order valence-corrected chi connectivity index (χ0v) is 13.0. The molecule has 1 N–H and O–H groups in total. The summed E-state index contributed by atoms with van der Waals surface area (Å²) >= 11 is 0. The van der Waals surface area contributed by atoms with Crippen LogP contribution in [0.3, 0.4) is 0 Å². The highest BCUT2D eigenvalue weighted by atomic mass is 16.5. The molecule has 1 heterocycles. The van der Waals surface area contributed by atoms with Crippen LogP contribution in [0.5, 0.6) is 11.5 Å². The van der Waals surface area contributed by atoms with Gasteiger partial charge in [0.15, 0.2) is 11.5 Å². The smallest absolute Gasteiger partial charge is 0.271 e. The van der Waals surface area contributed by atoms with Gasteiger partial charge in [0.2, 0.25) is 0 Å². The molecule has 0 atom stereocenters. The Morgan fingerprint density at radius 2 is 1.86 bits per heavy atom. The van der Waals surface area contributed by atoms with Gasteiger partial charge in [-0.3, -0.25) is 4.79 Å². The minimum atomic E-state index is -0.344. The molecule has 0 bridgehead atoms. The number of hydrogen-bond donors (Lipinski definition) is 1. The van der Waals surface area contributed by atoms with Crippen molar-refractivity contribution in [3.8, 4) is 11.5 Å². The molecule has 1 aromatic heterocycles. The summed E-state index contributed by atoms with van der Waals surface area (Å²) in [5.41, 5.74) is 3.49. The van der Waals surface area contributed by atoms with Crippen LogP contribution in [0.1, 0.15) is 28.8 Å². The highest BCUT2D eigenvalue weighted by Crippen LogP contribution is 2.27. The quantitative estimate of drug-likeness (QED) is 0.681. The lowest BCUT2D eigenvalue weighted by molar-refractivity contribution is 0.0954. The number of carbonyl (C=O) groups excluding carboxylic acids is 1. The van der Waals surface area contributed by atoms with Crippen LogP contribution in [-0.2, 0) is 0 Å². The third-order valence-electron chi connectivity index (χ3n) is 3.07. The molecule has 6 heteroatoms. The third kappa shape index (κ3) is 3.46. The molecule has 2 rings (SSSR count). The van der Waals surface area contributed by atoms with Crippen LogP contribution in [-0.4, -0.2) is 25.8 Å². The molecule has 0 aliphatic rings. The van der Waals surface area contributed by atoms with E-state index in [4.69, 9.17) is 13.9 Å². The van der Waals surface area contributed by atoms with E-state index in [0.29, 0.717) is 28.5 Å². The molecule has 1 aromatic carbocycles. The molecule has 116 valence electrons. The first-order valence-electron chi connectivity index (χ1n) is 6.68. The molecule has 1 amide bonds. The Hall–Kier alpha value is -2.76. The number of ether oxygens (including phenoxy) is 2. The molecule has 0 saturated carbocycles. The van der Waals surface area contributed by atoms with Gasteiger partial charge in [0.1, 0.15) is 17.2 Å². The lowest BCUT2D eigenvalue weighted by Gasteiger charge is -2.08. The normalized spacial score (nSPS) is 11.2. The van der Waals surface area contributed by atoms with Crippen molar-refractivity contribution in [2.45, 2.75) is 13.8 Å². The molecule has 0 aliphatic heterocycles. The Bertz CT molecular complexity index is 704. The molecule has 0 saturated heterocycles. The summed E-state index contributed by atoms with van der Waals surface area (Å²) < 4.78 is 15.7. The fourth-order valence-corrected chi connectivity index (χ4v) is 1.86. The molecule has 0 radical (unpaired) electrons. The molecule has 0 unspecified atom stereocenters. The lowest BCUT2D eigenvalue weighted by Crippen LogP contribution is -2.19. The molecule has 6 nitrogen and oxygen atoms in total. The van der Waals surface area contributed by atoms with Crippen molar-refractivity contribution in [2.75, 3.05) is 14.2 Å². The molecular formula is C16H18N2O4. The number of methoxy groups -OCH3 is 2. The lowest BCUT2D eigenvalue weighted by atomic mass is 10.2. The zero-order valence-electron chi connectivity index (χ0n) is 13.0. The molecule has 0 fully saturated rings. The van der Waals surface area contributed by atoms with E-state index in [1.807, 2.05) is 13.0 Å². The third-order valence-corrected chi connectivity index (χ3v) is 3.07. The monoisotopic (exact) mass is 302 g/mol. The average molecular weight is 302 g/mol. The minimum Gasteiger partial charge on any atom is -0.493 e. The van der Waals surface area contributed by atoms with Crippen LogP contribution in [0, 0.1) is 6.92 Å². The number of rotatable bonds is 5. The van der Waals surface area contributed by atoms with E-state index in [1.54, 1.807) is 31.2 Å². The van der Waals surface area contributed by atoms with Gasteiger partial charge in [0.25, 0.3) is 5.91 Å². The minimum absolute atomic E-state index is 0.344. The summed E-state index contributed by atoms with van der Waals surface area (Å²) in [6.45, 7) is 3.60. The van der Waals surface area contributed by atoms with E-state index >= 15 is 0 Å². The number of nitrogens with zero attached hydrogens (tertiary/aromatic N) is 1. The molecule has 0 aliphatic carbocycles. The van der Waals surface area contributed by atoms with Gasteiger partial charge in [-0.2, -0.15) is 5.10 Å². The number of benzene rings is 1. The van der Waals surface area contributed by atoms with E-state index in [-0.39, 0.29) is 5.91 Å². The van der Waals surface area contributed by atoms with Crippen molar-refractivity contribution in [3.63, 3.8) is 0 Å². The van der Waals surface area contributed by atoms with E-state index < -0.39 is 0 Å². The largest absolute Gasteiger partial charge is 0.493 e. The zero-order chi connectivity index (χ0) is 16.1. The van der Waals surface area contributed by atoms with Gasteiger partial charge in [0.05, 0.1) is 14.2 Å². The van der Waals surface area contributed by atoms with Crippen LogP contribution in [0.15, 0.2) is 39.9 Å². The van der Waals surface area contributed by atoms with Crippen molar-refractivity contribution in [3.05, 3.63) is 47.4 Å². The number of carbonyl (C=O) groups is 1. The molecular weight excluding hydrogens is 284 g/mol.